The van der Waals surface area contributed by atoms with E-state index < -0.39 is 17.7 Å². The number of rotatable bonds is 3. The van der Waals surface area contributed by atoms with Gasteiger partial charge in [0.2, 0.25) is 0 Å². The summed E-state index contributed by atoms with van der Waals surface area (Å²) in [7, 11) is 0. The Balaban J connectivity index is 2.35. The summed E-state index contributed by atoms with van der Waals surface area (Å²) in [6.45, 7) is 0. The quantitative estimate of drug-likeness (QED) is 0.800. The number of carboxylic acids is 1. The molecular weight excluding hydrogens is 185 g/mol. The van der Waals surface area contributed by atoms with Crippen LogP contribution in [0.2, 0.25) is 0 Å². The Kier molecular flexibility index (Phi) is 2.19. The standard InChI is InChI=1S/C10H10FNO2/c11-7-2-1-5-12-9(7)8(10(13)14)6-3-4-6/h1-2,5-6,8H,3-4H2,(H,13,14). The number of nitrogens with zero attached hydrogens (tertiary/aromatic N) is 1. The van der Waals surface area contributed by atoms with Crippen LogP contribution in [0.25, 0.3) is 0 Å². The number of halogens is 1. The monoisotopic (exact) mass is 195 g/mol. The van der Waals surface area contributed by atoms with Gasteiger partial charge in [-0.25, -0.2) is 4.39 Å². The molecule has 0 saturated heterocycles. The van der Waals surface area contributed by atoms with Crippen molar-refractivity contribution in [1.29, 1.82) is 0 Å². The molecule has 1 unspecified atom stereocenters. The highest BCUT2D eigenvalue weighted by Crippen LogP contribution is 2.42. The van der Waals surface area contributed by atoms with Crippen LogP contribution in [0, 0.1) is 11.7 Å². The smallest absolute Gasteiger partial charge is 0.312 e. The average molecular weight is 195 g/mol. The van der Waals surface area contributed by atoms with E-state index in [1.54, 1.807) is 0 Å². The predicted molar refractivity (Wildman–Crippen MR) is 47.3 cm³/mol. The van der Waals surface area contributed by atoms with Crippen LogP contribution in [0.5, 0.6) is 0 Å². The van der Waals surface area contributed by atoms with Crippen LogP contribution in [-0.4, -0.2) is 16.1 Å². The van der Waals surface area contributed by atoms with Gasteiger partial charge in [-0.15, -0.1) is 0 Å². The van der Waals surface area contributed by atoms with Crippen LogP contribution in [0.15, 0.2) is 18.3 Å². The number of hydrogen-bond donors (Lipinski definition) is 1. The maximum Gasteiger partial charge on any atom is 0.312 e. The number of pyridine rings is 1. The van der Waals surface area contributed by atoms with Crippen molar-refractivity contribution in [3.05, 3.63) is 29.8 Å². The molecule has 74 valence electrons. The van der Waals surface area contributed by atoms with Gasteiger partial charge in [-0.2, -0.15) is 0 Å². The van der Waals surface area contributed by atoms with E-state index in [0.717, 1.165) is 12.8 Å². The highest BCUT2D eigenvalue weighted by atomic mass is 19.1. The molecule has 0 spiro atoms. The van der Waals surface area contributed by atoms with Crippen molar-refractivity contribution in [2.45, 2.75) is 18.8 Å². The molecule has 1 atom stereocenters. The second-order valence-electron chi connectivity index (χ2n) is 3.52. The fourth-order valence-electron chi connectivity index (χ4n) is 1.60. The average Bonchev–Trinajstić information content (AvgIpc) is 2.92. The Morgan fingerprint density at radius 3 is 2.86 bits per heavy atom. The molecule has 3 nitrogen and oxygen atoms in total. The van der Waals surface area contributed by atoms with Crippen LogP contribution in [-0.2, 0) is 4.79 Å². The number of hydrogen-bond acceptors (Lipinski definition) is 2. The summed E-state index contributed by atoms with van der Waals surface area (Å²) in [5.74, 6) is -2.20. The molecular formula is C10H10FNO2. The van der Waals surface area contributed by atoms with Gasteiger partial charge in [0.05, 0.1) is 5.69 Å². The summed E-state index contributed by atoms with van der Waals surface area (Å²) in [6.07, 6.45) is 3.14. The molecule has 1 fully saturated rings. The van der Waals surface area contributed by atoms with Gasteiger partial charge in [0.15, 0.2) is 0 Å². The second-order valence-corrected chi connectivity index (χ2v) is 3.52. The predicted octanol–water partition coefficient (Wildman–Crippen LogP) is 1.80. The summed E-state index contributed by atoms with van der Waals surface area (Å²) >= 11 is 0. The number of carbonyl (C=O) groups is 1. The van der Waals surface area contributed by atoms with Crippen molar-refractivity contribution in [3.63, 3.8) is 0 Å². The lowest BCUT2D eigenvalue weighted by Gasteiger charge is -2.10. The van der Waals surface area contributed by atoms with Crippen LogP contribution in [0.4, 0.5) is 4.39 Å². The van der Waals surface area contributed by atoms with Gasteiger partial charge in [-0.1, -0.05) is 0 Å². The zero-order chi connectivity index (χ0) is 10.1. The van der Waals surface area contributed by atoms with E-state index in [1.807, 2.05) is 0 Å². The summed E-state index contributed by atoms with van der Waals surface area (Å²) in [5.41, 5.74) is 0.0718. The first-order valence-corrected chi connectivity index (χ1v) is 4.53. The van der Waals surface area contributed by atoms with Gasteiger partial charge in [0.1, 0.15) is 11.7 Å². The minimum Gasteiger partial charge on any atom is -0.481 e. The maximum atomic E-state index is 13.3. The lowest BCUT2D eigenvalue weighted by atomic mass is 9.99. The Morgan fingerprint density at radius 1 is 1.64 bits per heavy atom. The molecule has 1 aliphatic rings. The molecule has 4 heteroatoms. The fraction of sp³-hybridized carbons (Fsp3) is 0.400. The zero-order valence-electron chi connectivity index (χ0n) is 7.48. The first-order chi connectivity index (χ1) is 6.70. The van der Waals surface area contributed by atoms with Gasteiger partial charge in [0, 0.05) is 6.20 Å². The highest BCUT2D eigenvalue weighted by Gasteiger charge is 2.39. The molecule has 1 aromatic heterocycles. The van der Waals surface area contributed by atoms with E-state index in [-0.39, 0.29) is 11.6 Å². The molecule has 1 N–H and O–H groups in total. The third-order valence-electron chi connectivity index (χ3n) is 2.44. The van der Waals surface area contributed by atoms with Crippen molar-refractivity contribution in [3.8, 4) is 0 Å². The lowest BCUT2D eigenvalue weighted by molar-refractivity contribution is -0.139. The van der Waals surface area contributed by atoms with E-state index in [0.29, 0.717) is 0 Å². The molecule has 1 heterocycles. The molecule has 14 heavy (non-hydrogen) atoms. The van der Waals surface area contributed by atoms with Crippen LogP contribution >= 0.6 is 0 Å². The van der Waals surface area contributed by atoms with Gasteiger partial charge in [-0.3, -0.25) is 9.78 Å². The Labute approximate surface area is 80.6 Å². The van der Waals surface area contributed by atoms with E-state index in [2.05, 4.69) is 4.98 Å². The molecule has 1 aliphatic carbocycles. The summed E-state index contributed by atoms with van der Waals surface area (Å²) in [6, 6.07) is 2.71. The van der Waals surface area contributed by atoms with E-state index in [4.69, 9.17) is 5.11 Å². The molecule has 2 rings (SSSR count). The number of aliphatic carboxylic acids is 1. The lowest BCUT2D eigenvalue weighted by Crippen LogP contribution is -2.16. The molecule has 1 saturated carbocycles. The van der Waals surface area contributed by atoms with Gasteiger partial charge < -0.3 is 5.11 Å². The summed E-state index contributed by atoms with van der Waals surface area (Å²) in [4.78, 5) is 14.7. The molecule has 0 radical (unpaired) electrons. The van der Waals surface area contributed by atoms with Crippen molar-refractivity contribution in [2.75, 3.05) is 0 Å². The Hall–Kier alpha value is -1.45. The van der Waals surface area contributed by atoms with E-state index in [9.17, 15) is 9.18 Å². The Morgan fingerprint density at radius 2 is 2.36 bits per heavy atom. The topological polar surface area (TPSA) is 50.2 Å². The largest absolute Gasteiger partial charge is 0.481 e. The maximum absolute atomic E-state index is 13.3. The minimum absolute atomic E-state index is 0.0666. The van der Waals surface area contributed by atoms with Crippen molar-refractivity contribution < 1.29 is 14.3 Å². The van der Waals surface area contributed by atoms with Crippen LogP contribution < -0.4 is 0 Å². The summed E-state index contributed by atoms with van der Waals surface area (Å²) in [5, 5.41) is 8.95. The first kappa shape index (κ1) is 9.12. The first-order valence-electron chi connectivity index (χ1n) is 4.53. The second kappa shape index (κ2) is 3.36. The van der Waals surface area contributed by atoms with Crippen LogP contribution in [0.1, 0.15) is 24.5 Å². The van der Waals surface area contributed by atoms with Crippen molar-refractivity contribution >= 4 is 5.97 Å². The highest BCUT2D eigenvalue weighted by molar-refractivity contribution is 5.76. The van der Waals surface area contributed by atoms with E-state index >= 15 is 0 Å². The Bertz CT molecular complexity index is 363. The SMILES string of the molecule is O=C(O)C(c1ncccc1F)C1CC1. The van der Waals surface area contributed by atoms with Crippen molar-refractivity contribution in [1.82, 2.24) is 4.98 Å². The molecule has 0 aromatic carbocycles. The van der Waals surface area contributed by atoms with Crippen molar-refractivity contribution in [2.24, 2.45) is 5.92 Å². The van der Waals surface area contributed by atoms with E-state index in [1.165, 1.54) is 18.3 Å². The third kappa shape index (κ3) is 1.60. The normalized spacial score (nSPS) is 17.8. The number of aromatic nitrogens is 1. The molecule has 1 aromatic rings. The summed E-state index contributed by atoms with van der Waals surface area (Å²) < 4.78 is 13.3. The van der Waals surface area contributed by atoms with Gasteiger partial charge in [-0.05, 0) is 30.9 Å². The number of carboxylic acid groups (broad SMARTS) is 1. The third-order valence-corrected chi connectivity index (χ3v) is 2.44. The fourth-order valence-corrected chi connectivity index (χ4v) is 1.60. The molecule has 0 aliphatic heterocycles. The molecule has 0 amide bonds. The van der Waals surface area contributed by atoms with Gasteiger partial charge >= 0.3 is 5.97 Å². The van der Waals surface area contributed by atoms with Crippen LogP contribution in [0.3, 0.4) is 0 Å². The molecule has 0 bridgehead atoms. The van der Waals surface area contributed by atoms with Gasteiger partial charge in [0.25, 0.3) is 0 Å². The minimum atomic E-state index is -0.981. The zero-order valence-corrected chi connectivity index (χ0v) is 7.48.